The average molecular weight is 745 g/mol. The van der Waals surface area contributed by atoms with Gasteiger partial charge in [-0.05, 0) is 56.2 Å². The van der Waals surface area contributed by atoms with E-state index in [1.54, 1.807) is 4.72 Å². The lowest BCUT2D eigenvalue weighted by Crippen LogP contribution is -2.60. The third-order valence-corrected chi connectivity index (χ3v) is 10.5. The molecular formula is C27H30Cl2F3N5O8S2. The molecule has 0 unspecified atom stereocenters. The van der Waals surface area contributed by atoms with Crippen molar-refractivity contribution in [3.63, 3.8) is 0 Å². The van der Waals surface area contributed by atoms with Gasteiger partial charge in [-0.3, -0.25) is 14.3 Å². The number of fused-ring (bicyclic) bond motifs is 1. The highest BCUT2D eigenvalue weighted by molar-refractivity contribution is 7.91. The number of nitrogens with zero attached hydrogens (tertiary/aromatic N) is 2. The summed E-state index contributed by atoms with van der Waals surface area (Å²) in [6.45, 7) is 4.81. The number of halogens is 5. The van der Waals surface area contributed by atoms with Gasteiger partial charge in [-0.2, -0.15) is 26.3 Å². The van der Waals surface area contributed by atoms with Crippen molar-refractivity contribution >= 4 is 60.2 Å². The number of rotatable bonds is 9. The highest BCUT2D eigenvalue weighted by Gasteiger charge is 2.39. The van der Waals surface area contributed by atoms with Crippen LogP contribution >= 0.6 is 23.2 Å². The predicted molar refractivity (Wildman–Crippen MR) is 168 cm³/mol. The fourth-order valence-electron chi connectivity index (χ4n) is 4.90. The number of aromatic amines is 1. The van der Waals surface area contributed by atoms with E-state index in [0.29, 0.717) is 10.6 Å². The molecule has 2 aromatic carbocycles. The van der Waals surface area contributed by atoms with E-state index < -0.39 is 89.8 Å². The van der Waals surface area contributed by atoms with E-state index in [0.717, 1.165) is 0 Å². The number of amides is 1. The van der Waals surface area contributed by atoms with Crippen molar-refractivity contribution in [1.82, 2.24) is 23.9 Å². The van der Waals surface area contributed by atoms with Crippen molar-refractivity contribution in [2.75, 3.05) is 18.8 Å². The van der Waals surface area contributed by atoms with E-state index in [1.807, 2.05) is 0 Å². The van der Waals surface area contributed by atoms with Crippen LogP contribution in [0.25, 0.3) is 10.9 Å². The van der Waals surface area contributed by atoms with Crippen molar-refractivity contribution in [1.29, 1.82) is 0 Å². The Morgan fingerprint density at radius 2 is 1.70 bits per heavy atom. The van der Waals surface area contributed by atoms with Crippen LogP contribution in [0.2, 0.25) is 10.0 Å². The minimum absolute atomic E-state index is 0.0192. The molecule has 0 aliphatic carbocycles. The number of ether oxygens (including phenoxy) is 1. The number of likely N-dealkylation sites (tertiary alicyclic amines) is 1. The summed E-state index contributed by atoms with van der Waals surface area (Å²) >= 11 is 12.4. The fraction of sp³-hybridized carbons (Fsp3) is 0.444. The van der Waals surface area contributed by atoms with Gasteiger partial charge in [0, 0.05) is 30.7 Å². The second kappa shape index (κ2) is 13.0. The molecule has 4 rings (SSSR count). The first-order chi connectivity index (χ1) is 21.5. The highest BCUT2D eigenvalue weighted by Crippen LogP contribution is 2.39. The van der Waals surface area contributed by atoms with Crippen LogP contribution in [0.15, 0.2) is 38.8 Å². The Balaban J connectivity index is 1.64. The van der Waals surface area contributed by atoms with E-state index >= 15 is 0 Å². The molecule has 0 atom stereocenters. The molecule has 20 heteroatoms. The summed E-state index contributed by atoms with van der Waals surface area (Å²) in [6.07, 6.45) is -6.22. The van der Waals surface area contributed by atoms with E-state index in [2.05, 4.69) is 9.71 Å². The smallest absolute Gasteiger partial charge is 0.422 e. The zero-order valence-corrected chi connectivity index (χ0v) is 28.4. The first kappa shape index (κ1) is 36.7. The van der Waals surface area contributed by atoms with Gasteiger partial charge in [-0.1, -0.05) is 30.1 Å². The van der Waals surface area contributed by atoms with E-state index in [1.165, 1.54) is 50.8 Å². The molecule has 3 aromatic rings. The Morgan fingerprint density at radius 3 is 2.28 bits per heavy atom. The maximum absolute atomic E-state index is 14.3. The number of nitrogens with one attached hydrogen (secondary N) is 3. The van der Waals surface area contributed by atoms with Gasteiger partial charge in [0.05, 0.1) is 38.7 Å². The Kier molecular flexibility index (Phi) is 10.2. The van der Waals surface area contributed by atoms with Gasteiger partial charge in [0.2, 0.25) is 0 Å². The number of carbonyl (C=O) groups is 1. The van der Waals surface area contributed by atoms with Gasteiger partial charge in [-0.15, -0.1) is 0 Å². The van der Waals surface area contributed by atoms with Crippen molar-refractivity contribution in [2.24, 2.45) is 0 Å². The SMILES string of the molecule is CCS(=O)(=O)c1ccc(Cl)cc1Cn1c(=O)[nH]c2c(Cl)c(CN3CC(NS(=O)(=O)NC(=O)OC(C)(C)C)C3)c(C(F)(F)F)cc2c1=O. The molecule has 1 aliphatic heterocycles. The standard InChI is InChI=1S/C27H30Cl2F3N5O8S2/c1-5-46(41,42)20-7-6-15(28)8-14(20)10-37-23(38)17-9-19(27(30,31)32)18(21(29)22(17)33-24(37)39)13-36-11-16(12-36)34-47(43,44)35-25(40)45-26(2,3)4/h6-9,16,34H,5,10-13H2,1-4H3,(H,33,39)(H,35,40). The van der Waals surface area contributed by atoms with Crippen LogP contribution in [0, 0.1) is 0 Å². The van der Waals surface area contributed by atoms with Crippen molar-refractivity contribution in [3.8, 4) is 0 Å². The van der Waals surface area contributed by atoms with Crippen LogP contribution in [0.1, 0.15) is 44.4 Å². The molecule has 1 aliphatic rings. The normalized spacial score (nSPS) is 15.1. The second-order valence-corrected chi connectivity index (χ2v) is 16.2. The van der Waals surface area contributed by atoms with Crippen molar-refractivity contribution in [2.45, 2.75) is 63.5 Å². The number of hydrogen-bond acceptors (Lipinski definition) is 9. The average Bonchev–Trinajstić information content (AvgIpc) is 2.89. The summed E-state index contributed by atoms with van der Waals surface area (Å²) < 4.78 is 102. The van der Waals surface area contributed by atoms with Gasteiger partial charge in [0.25, 0.3) is 5.56 Å². The summed E-state index contributed by atoms with van der Waals surface area (Å²) in [7, 11) is -8.18. The lowest BCUT2D eigenvalue weighted by molar-refractivity contribution is -0.138. The van der Waals surface area contributed by atoms with Gasteiger partial charge < -0.3 is 9.72 Å². The maximum Gasteiger partial charge on any atom is 0.422 e. The summed E-state index contributed by atoms with van der Waals surface area (Å²) in [5.74, 6) is -0.301. The van der Waals surface area contributed by atoms with Crippen LogP contribution in [0.4, 0.5) is 18.0 Å². The van der Waals surface area contributed by atoms with Crippen LogP contribution in [0.3, 0.4) is 0 Å². The zero-order chi connectivity index (χ0) is 35.3. The monoisotopic (exact) mass is 743 g/mol. The number of alkyl halides is 3. The Labute approximate surface area is 277 Å². The number of benzene rings is 2. The summed E-state index contributed by atoms with van der Waals surface area (Å²) in [5, 5.41) is -1.02. The zero-order valence-electron chi connectivity index (χ0n) is 25.3. The third-order valence-electron chi connectivity index (χ3n) is 6.97. The molecule has 1 aromatic heterocycles. The topological polar surface area (TPSA) is 177 Å². The van der Waals surface area contributed by atoms with Crippen molar-refractivity contribution in [3.05, 3.63) is 71.8 Å². The number of sulfone groups is 1. The number of carbonyl (C=O) groups excluding carboxylic acids is 1. The predicted octanol–water partition coefficient (Wildman–Crippen LogP) is 3.40. The molecule has 47 heavy (non-hydrogen) atoms. The van der Waals surface area contributed by atoms with Gasteiger partial charge in [0.1, 0.15) is 5.60 Å². The molecule has 0 radical (unpaired) electrons. The lowest BCUT2D eigenvalue weighted by Gasteiger charge is -2.39. The summed E-state index contributed by atoms with van der Waals surface area (Å²) in [4.78, 5) is 41.9. The lowest BCUT2D eigenvalue weighted by atomic mass is 10.0. The minimum atomic E-state index is -5.00. The fourth-order valence-corrected chi connectivity index (χ4v) is 7.42. The van der Waals surface area contributed by atoms with Crippen LogP contribution in [-0.2, 0) is 44.0 Å². The quantitative estimate of drug-likeness (QED) is 0.297. The molecule has 0 saturated carbocycles. The molecule has 1 fully saturated rings. The first-order valence-corrected chi connectivity index (χ1v) is 17.7. The van der Waals surface area contributed by atoms with Gasteiger partial charge in [-0.25, -0.2) is 22.7 Å². The molecule has 1 amide bonds. The number of H-pyrrole nitrogens is 1. The Morgan fingerprint density at radius 1 is 1.06 bits per heavy atom. The maximum atomic E-state index is 14.3. The first-order valence-electron chi connectivity index (χ1n) is 13.8. The van der Waals surface area contributed by atoms with Crippen molar-refractivity contribution < 1.29 is 39.5 Å². The molecular weight excluding hydrogens is 714 g/mol. The molecule has 3 N–H and O–H groups in total. The van der Waals surface area contributed by atoms with Crippen LogP contribution in [-0.4, -0.2) is 67.9 Å². The summed E-state index contributed by atoms with van der Waals surface area (Å²) in [5.41, 5.74) is -5.31. The molecule has 13 nitrogen and oxygen atoms in total. The minimum Gasteiger partial charge on any atom is -0.443 e. The Bertz CT molecular complexity index is 2070. The highest BCUT2D eigenvalue weighted by atomic mass is 35.5. The Hall–Kier alpha value is -3.16. The van der Waals surface area contributed by atoms with Crippen LogP contribution in [0.5, 0.6) is 0 Å². The molecule has 258 valence electrons. The number of hydrogen-bond donors (Lipinski definition) is 3. The van der Waals surface area contributed by atoms with E-state index in [4.69, 9.17) is 27.9 Å². The molecule has 2 heterocycles. The van der Waals surface area contributed by atoms with E-state index in [9.17, 15) is 44.4 Å². The third kappa shape index (κ3) is 8.47. The second-order valence-electron chi connectivity index (χ2n) is 11.7. The summed E-state index contributed by atoms with van der Waals surface area (Å²) in [6, 6.07) is 3.55. The molecule has 1 saturated heterocycles. The number of aromatic nitrogens is 2. The largest absolute Gasteiger partial charge is 0.443 e. The van der Waals surface area contributed by atoms with Gasteiger partial charge in [0.15, 0.2) is 9.84 Å². The van der Waals surface area contributed by atoms with Gasteiger partial charge >= 0.3 is 28.2 Å². The molecule has 0 bridgehead atoms. The van der Waals surface area contributed by atoms with E-state index in [-0.39, 0.29) is 39.8 Å². The molecule has 0 spiro atoms. The van der Waals surface area contributed by atoms with Crippen LogP contribution < -0.4 is 20.7 Å².